The van der Waals surface area contributed by atoms with Gasteiger partial charge >= 0.3 is 11.9 Å². The molecule has 1 aromatic carbocycles. The number of esters is 1. The van der Waals surface area contributed by atoms with Crippen molar-refractivity contribution in [2.24, 2.45) is 0 Å². The van der Waals surface area contributed by atoms with Gasteiger partial charge in [-0.15, -0.1) is 0 Å². The standard InChI is InChI=1S/C19H21NO8S/c1-4-26-14-7-12(5-6-13(14)27-10-16(21)22)8-15-18(24)20(19(25)29-15)9-17(23)28-11(2)3/h5-8,11H,4,9-10H2,1-3H3,(H,21,22)/b15-8-. The molecule has 1 N–H and O–H groups in total. The van der Waals surface area contributed by atoms with E-state index >= 15 is 0 Å². The molecule has 2 rings (SSSR count). The van der Waals surface area contributed by atoms with Gasteiger partial charge in [0.2, 0.25) is 0 Å². The Hall–Kier alpha value is -3.01. The average Bonchev–Trinajstić information content (AvgIpc) is 2.88. The van der Waals surface area contributed by atoms with Crippen LogP contribution in [0, 0.1) is 0 Å². The molecule has 0 aromatic heterocycles. The molecule has 10 heteroatoms. The number of carboxylic acids is 1. The van der Waals surface area contributed by atoms with E-state index in [9.17, 15) is 19.2 Å². The van der Waals surface area contributed by atoms with Gasteiger partial charge in [0.05, 0.1) is 17.6 Å². The quantitative estimate of drug-likeness (QED) is 0.472. The molecule has 0 aliphatic carbocycles. The number of thioether (sulfide) groups is 1. The van der Waals surface area contributed by atoms with Gasteiger partial charge in [0.25, 0.3) is 11.1 Å². The Morgan fingerprint density at radius 1 is 1.21 bits per heavy atom. The smallest absolute Gasteiger partial charge is 0.341 e. The normalized spacial score (nSPS) is 15.2. The highest BCUT2D eigenvalue weighted by Gasteiger charge is 2.36. The van der Waals surface area contributed by atoms with E-state index in [1.807, 2.05) is 0 Å². The third-order valence-corrected chi connectivity index (χ3v) is 4.35. The Bertz CT molecular complexity index is 849. The molecule has 1 fully saturated rings. The van der Waals surface area contributed by atoms with Crippen LogP contribution in [0.5, 0.6) is 11.5 Å². The summed E-state index contributed by atoms with van der Waals surface area (Å²) in [6, 6.07) is 4.69. The molecule has 1 saturated heterocycles. The van der Waals surface area contributed by atoms with E-state index < -0.39 is 36.2 Å². The number of hydrogen-bond donors (Lipinski definition) is 1. The Morgan fingerprint density at radius 3 is 2.55 bits per heavy atom. The molecule has 1 aliphatic heterocycles. The predicted octanol–water partition coefficient (Wildman–Crippen LogP) is 2.54. The maximum atomic E-state index is 12.5. The van der Waals surface area contributed by atoms with Gasteiger partial charge in [-0.25, -0.2) is 4.79 Å². The van der Waals surface area contributed by atoms with Crippen molar-refractivity contribution in [1.29, 1.82) is 0 Å². The number of imide groups is 1. The van der Waals surface area contributed by atoms with E-state index in [1.165, 1.54) is 12.1 Å². The lowest BCUT2D eigenvalue weighted by Gasteiger charge is -2.13. The molecule has 29 heavy (non-hydrogen) atoms. The van der Waals surface area contributed by atoms with Crippen LogP contribution in [-0.4, -0.2) is 59.0 Å². The zero-order valence-corrected chi connectivity index (χ0v) is 17.0. The Kier molecular flexibility index (Phi) is 7.66. The summed E-state index contributed by atoms with van der Waals surface area (Å²) in [5.74, 6) is -1.83. The van der Waals surface area contributed by atoms with E-state index in [-0.39, 0.29) is 16.8 Å². The molecule has 156 valence electrons. The topological polar surface area (TPSA) is 119 Å². The number of hydrogen-bond acceptors (Lipinski definition) is 8. The first-order chi connectivity index (χ1) is 13.7. The summed E-state index contributed by atoms with van der Waals surface area (Å²) >= 11 is 0.716. The first-order valence-electron chi connectivity index (χ1n) is 8.77. The summed E-state index contributed by atoms with van der Waals surface area (Å²) in [4.78, 5) is 48.0. The lowest BCUT2D eigenvalue weighted by Crippen LogP contribution is -2.35. The van der Waals surface area contributed by atoms with Crippen molar-refractivity contribution >= 4 is 40.9 Å². The van der Waals surface area contributed by atoms with E-state index in [0.717, 1.165) is 4.90 Å². The molecule has 0 saturated carbocycles. The van der Waals surface area contributed by atoms with Crippen LogP contribution in [0.3, 0.4) is 0 Å². The summed E-state index contributed by atoms with van der Waals surface area (Å²) in [6.45, 7) is 4.45. The number of benzene rings is 1. The predicted molar refractivity (Wildman–Crippen MR) is 105 cm³/mol. The molecule has 0 bridgehead atoms. The zero-order valence-electron chi connectivity index (χ0n) is 16.2. The molecule has 0 radical (unpaired) electrons. The molecule has 9 nitrogen and oxygen atoms in total. The second-order valence-electron chi connectivity index (χ2n) is 6.13. The number of carbonyl (C=O) groups is 4. The number of nitrogens with zero attached hydrogens (tertiary/aromatic N) is 1. The molecule has 1 heterocycles. The Morgan fingerprint density at radius 2 is 1.93 bits per heavy atom. The van der Waals surface area contributed by atoms with Crippen LogP contribution in [0.1, 0.15) is 26.3 Å². The van der Waals surface area contributed by atoms with Gasteiger partial charge in [-0.3, -0.25) is 19.3 Å². The first-order valence-corrected chi connectivity index (χ1v) is 9.59. The monoisotopic (exact) mass is 423 g/mol. The summed E-state index contributed by atoms with van der Waals surface area (Å²) in [5, 5.41) is 8.18. The summed E-state index contributed by atoms with van der Waals surface area (Å²) in [6.07, 6.45) is 1.14. The fourth-order valence-corrected chi connectivity index (χ4v) is 3.20. The van der Waals surface area contributed by atoms with Crippen LogP contribution >= 0.6 is 11.8 Å². The van der Waals surface area contributed by atoms with Crippen molar-refractivity contribution < 1.29 is 38.5 Å². The van der Waals surface area contributed by atoms with Gasteiger partial charge in [-0.05, 0) is 56.3 Å². The van der Waals surface area contributed by atoms with Crippen LogP contribution in [-0.2, 0) is 19.1 Å². The van der Waals surface area contributed by atoms with Crippen LogP contribution in [0.4, 0.5) is 4.79 Å². The van der Waals surface area contributed by atoms with Crippen LogP contribution in [0.25, 0.3) is 6.08 Å². The molecule has 2 amide bonds. The second kappa shape index (κ2) is 9.97. The molecular weight excluding hydrogens is 402 g/mol. The number of carbonyl (C=O) groups excluding carboxylic acids is 3. The van der Waals surface area contributed by atoms with Gasteiger partial charge in [0.15, 0.2) is 18.1 Å². The summed E-state index contributed by atoms with van der Waals surface area (Å²) < 4.78 is 15.6. The maximum Gasteiger partial charge on any atom is 0.341 e. The van der Waals surface area contributed by atoms with Crippen LogP contribution in [0.2, 0.25) is 0 Å². The molecule has 0 unspecified atom stereocenters. The van der Waals surface area contributed by atoms with Gasteiger partial charge in [0, 0.05) is 0 Å². The van der Waals surface area contributed by atoms with E-state index in [1.54, 1.807) is 32.9 Å². The fraction of sp³-hybridized carbons (Fsp3) is 0.368. The van der Waals surface area contributed by atoms with Crippen molar-refractivity contribution in [3.8, 4) is 11.5 Å². The van der Waals surface area contributed by atoms with E-state index in [0.29, 0.717) is 29.7 Å². The number of aliphatic carboxylic acids is 1. The average molecular weight is 423 g/mol. The Balaban J connectivity index is 2.19. The molecule has 1 aromatic rings. The largest absolute Gasteiger partial charge is 0.490 e. The molecule has 0 spiro atoms. The lowest BCUT2D eigenvalue weighted by atomic mass is 10.2. The highest BCUT2D eigenvalue weighted by atomic mass is 32.2. The molecule has 0 atom stereocenters. The highest BCUT2D eigenvalue weighted by Crippen LogP contribution is 2.34. The number of ether oxygens (including phenoxy) is 3. The van der Waals surface area contributed by atoms with E-state index in [2.05, 4.69) is 0 Å². The lowest BCUT2D eigenvalue weighted by molar-refractivity contribution is -0.149. The second-order valence-corrected chi connectivity index (χ2v) is 7.12. The fourth-order valence-electron chi connectivity index (χ4n) is 2.36. The number of carboxylic acid groups (broad SMARTS) is 1. The Labute approximate surface area is 171 Å². The van der Waals surface area contributed by atoms with Crippen LogP contribution < -0.4 is 9.47 Å². The first kappa shape index (κ1) is 22.3. The summed E-state index contributed by atoms with van der Waals surface area (Å²) in [7, 11) is 0. The van der Waals surface area contributed by atoms with Gasteiger partial charge in [-0.2, -0.15) is 0 Å². The number of amides is 2. The van der Waals surface area contributed by atoms with Gasteiger partial charge < -0.3 is 19.3 Å². The van der Waals surface area contributed by atoms with Crippen molar-refractivity contribution in [1.82, 2.24) is 4.90 Å². The highest BCUT2D eigenvalue weighted by molar-refractivity contribution is 8.18. The minimum atomic E-state index is -1.12. The summed E-state index contributed by atoms with van der Waals surface area (Å²) in [5.41, 5.74) is 0.548. The molecular formula is C19H21NO8S. The minimum Gasteiger partial charge on any atom is -0.490 e. The minimum absolute atomic E-state index is 0.147. The molecule has 1 aliphatic rings. The van der Waals surface area contributed by atoms with E-state index in [4.69, 9.17) is 19.3 Å². The SMILES string of the molecule is CCOc1cc(/C=C2\SC(=O)N(CC(=O)OC(C)C)C2=O)ccc1OCC(=O)O. The van der Waals surface area contributed by atoms with Gasteiger partial charge in [-0.1, -0.05) is 6.07 Å². The third-order valence-electron chi connectivity index (χ3n) is 3.44. The van der Waals surface area contributed by atoms with Crippen molar-refractivity contribution in [2.75, 3.05) is 19.8 Å². The zero-order chi connectivity index (χ0) is 21.6. The third kappa shape index (κ3) is 6.24. The maximum absolute atomic E-state index is 12.5. The van der Waals surface area contributed by atoms with Crippen LogP contribution in [0.15, 0.2) is 23.1 Å². The van der Waals surface area contributed by atoms with Crippen molar-refractivity contribution in [3.63, 3.8) is 0 Å². The number of rotatable bonds is 9. The van der Waals surface area contributed by atoms with Crippen molar-refractivity contribution in [3.05, 3.63) is 28.7 Å². The van der Waals surface area contributed by atoms with Crippen molar-refractivity contribution in [2.45, 2.75) is 26.9 Å². The van der Waals surface area contributed by atoms with Gasteiger partial charge in [0.1, 0.15) is 6.54 Å².